The Hall–Kier alpha value is -4.15. The minimum absolute atomic E-state index is 0.0834. The van der Waals surface area contributed by atoms with E-state index in [-0.39, 0.29) is 53.1 Å². The van der Waals surface area contributed by atoms with Gasteiger partial charge < -0.3 is 30.6 Å². The molecule has 3 heterocycles. The van der Waals surface area contributed by atoms with Gasteiger partial charge in [-0.05, 0) is 66.7 Å². The maximum absolute atomic E-state index is 14.2. The van der Waals surface area contributed by atoms with Crippen LogP contribution < -0.4 is 20.7 Å². The molecule has 3 aliphatic rings. The quantitative estimate of drug-likeness (QED) is 0.273. The summed E-state index contributed by atoms with van der Waals surface area (Å²) in [7, 11) is 1.56. The lowest BCUT2D eigenvalue weighted by atomic mass is 9.94. The number of ether oxygens (including phenoxy) is 1. The highest BCUT2D eigenvalue weighted by atomic mass is 16.5. The SMILES string of the molecule is C=CC(=O)[C@H](C[C@@H]1CCNC1=O)NC(=O)[C@@H]1[C@@H]2[C@H](CN1C(=O)C(CC(C)C)NC(=O)c1cc3c(OC)cccc3[nH]1)C2(C)C. The Morgan fingerprint density at radius 2 is 1.93 bits per heavy atom. The summed E-state index contributed by atoms with van der Waals surface area (Å²) in [5.74, 6) is -1.33. The minimum Gasteiger partial charge on any atom is -0.496 e. The number of rotatable bonds is 12. The standard InChI is InChI=1S/C33H43N5O6/c1-7-25(39)22(14-18-11-12-34-29(18)40)36-31(42)28-27-20(33(27,4)5)16-38(28)32(43)24(13-17(2)3)37-30(41)23-15-19-21(35-23)9-8-10-26(19)44-6/h7-10,15,17-18,20,22,24,27-28,35H,1,11-14,16H2,2-6H3,(H,34,40)(H,36,42)(H,37,41)/t18-,20-,22-,24?,27-,28-/m0/s1. The average molecular weight is 606 g/mol. The van der Waals surface area contributed by atoms with Gasteiger partial charge in [-0.2, -0.15) is 0 Å². The molecule has 11 heteroatoms. The van der Waals surface area contributed by atoms with Crippen molar-refractivity contribution in [2.75, 3.05) is 20.2 Å². The van der Waals surface area contributed by atoms with Gasteiger partial charge >= 0.3 is 0 Å². The lowest BCUT2D eigenvalue weighted by Crippen LogP contribution is -2.57. The molecule has 1 aromatic carbocycles. The number of nitrogens with zero attached hydrogens (tertiary/aromatic N) is 1. The third-order valence-corrected chi connectivity index (χ3v) is 9.70. The Morgan fingerprint density at radius 3 is 2.57 bits per heavy atom. The number of methoxy groups -OCH3 is 1. The van der Waals surface area contributed by atoms with E-state index in [2.05, 4.69) is 41.4 Å². The van der Waals surface area contributed by atoms with Gasteiger partial charge in [-0.15, -0.1) is 0 Å². The molecule has 0 bridgehead atoms. The number of likely N-dealkylation sites (tertiary alicyclic amines) is 1. The highest BCUT2D eigenvalue weighted by Crippen LogP contribution is 2.65. The zero-order chi connectivity index (χ0) is 31.9. The van der Waals surface area contributed by atoms with E-state index >= 15 is 0 Å². The van der Waals surface area contributed by atoms with Crippen molar-refractivity contribution in [3.63, 3.8) is 0 Å². The number of amides is 4. The average Bonchev–Trinajstić information content (AvgIpc) is 3.50. The van der Waals surface area contributed by atoms with Gasteiger partial charge in [-0.3, -0.25) is 24.0 Å². The third kappa shape index (κ3) is 5.84. The molecule has 3 fully saturated rings. The van der Waals surface area contributed by atoms with Crippen LogP contribution in [0, 0.1) is 29.1 Å². The highest BCUT2D eigenvalue weighted by molar-refractivity contribution is 6.02. The molecule has 1 aliphatic carbocycles. The highest BCUT2D eigenvalue weighted by Gasteiger charge is 2.69. The Labute approximate surface area is 257 Å². The van der Waals surface area contributed by atoms with Crippen LogP contribution in [0.2, 0.25) is 0 Å². The van der Waals surface area contributed by atoms with E-state index in [1.54, 1.807) is 18.1 Å². The van der Waals surface area contributed by atoms with Gasteiger partial charge in [0.05, 0.1) is 13.2 Å². The fraction of sp³-hybridized carbons (Fsp3) is 0.545. The van der Waals surface area contributed by atoms with E-state index in [0.29, 0.717) is 37.4 Å². The normalized spacial score (nSPS) is 24.8. The number of hydrogen-bond donors (Lipinski definition) is 4. The van der Waals surface area contributed by atoms with E-state index in [9.17, 15) is 24.0 Å². The minimum atomic E-state index is -0.920. The van der Waals surface area contributed by atoms with Gasteiger partial charge in [0.25, 0.3) is 5.91 Å². The van der Waals surface area contributed by atoms with Crippen LogP contribution in [0.25, 0.3) is 10.9 Å². The molecule has 0 spiro atoms. The summed E-state index contributed by atoms with van der Waals surface area (Å²) in [6.07, 6.45) is 2.29. The van der Waals surface area contributed by atoms with Crippen LogP contribution in [0.3, 0.4) is 0 Å². The number of hydrogen-bond acceptors (Lipinski definition) is 6. The first-order valence-corrected chi connectivity index (χ1v) is 15.4. The molecule has 5 rings (SSSR count). The van der Waals surface area contributed by atoms with E-state index < -0.39 is 29.9 Å². The number of ketones is 1. The Kier molecular flexibility index (Phi) is 8.59. The molecule has 0 radical (unpaired) electrons. The maximum atomic E-state index is 14.2. The number of benzene rings is 1. The predicted molar refractivity (Wildman–Crippen MR) is 165 cm³/mol. The fourth-order valence-corrected chi connectivity index (χ4v) is 7.17. The smallest absolute Gasteiger partial charge is 0.268 e. The monoisotopic (exact) mass is 605 g/mol. The fourth-order valence-electron chi connectivity index (χ4n) is 7.17. The molecule has 236 valence electrons. The van der Waals surface area contributed by atoms with Crippen molar-refractivity contribution in [2.45, 2.75) is 65.1 Å². The third-order valence-electron chi connectivity index (χ3n) is 9.70. The van der Waals surface area contributed by atoms with Crippen LogP contribution >= 0.6 is 0 Å². The van der Waals surface area contributed by atoms with E-state index in [1.165, 1.54) is 0 Å². The lowest BCUT2D eigenvalue weighted by Gasteiger charge is -2.34. The van der Waals surface area contributed by atoms with Crippen LogP contribution in [-0.2, 0) is 19.2 Å². The van der Waals surface area contributed by atoms with Crippen molar-refractivity contribution in [3.05, 3.63) is 42.6 Å². The van der Waals surface area contributed by atoms with Crippen molar-refractivity contribution in [1.82, 2.24) is 25.8 Å². The van der Waals surface area contributed by atoms with Crippen molar-refractivity contribution in [3.8, 4) is 5.75 Å². The molecule has 1 aromatic heterocycles. The number of fused-ring (bicyclic) bond motifs is 2. The van der Waals surface area contributed by atoms with Crippen molar-refractivity contribution in [1.29, 1.82) is 0 Å². The van der Waals surface area contributed by atoms with Gasteiger partial charge in [0.2, 0.25) is 17.7 Å². The molecule has 4 N–H and O–H groups in total. The summed E-state index contributed by atoms with van der Waals surface area (Å²) >= 11 is 0. The molecular formula is C33H43N5O6. The summed E-state index contributed by atoms with van der Waals surface area (Å²) in [4.78, 5) is 71.2. The van der Waals surface area contributed by atoms with Crippen LogP contribution in [0.1, 0.15) is 57.4 Å². The van der Waals surface area contributed by atoms with Gasteiger partial charge in [0.15, 0.2) is 5.78 Å². The Morgan fingerprint density at radius 1 is 1.18 bits per heavy atom. The number of piperidine rings is 1. The second-order valence-electron chi connectivity index (χ2n) is 13.3. The van der Waals surface area contributed by atoms with Crippen LogP contribution in [0.5, 0.6) is 5.75 Å². The molecule has 6 atom stereocenters. The first-order chi connectivity index (χ1) is 20.9. The molecule has 11 nitrogen and oxygen atoms in total. The summed E-state index contributed by atoms with van der Waals surface area (Å²) < 4.78 is 5.42. The number of aromatic nitrogens is 1. The molecule has 2 aliphatic heterocycles. The number of H-pyrrole nitrogens is 1. The molecule has 4 amide bonds. The Bertz CT molecular complexity index is 1490. The van der Waals surface area contributed by atoms with Gasteiger partial charge in [0.1, 0.15) is 23.5 Å². The van der Waals surface area contributed by atoms with Gasteiger partial charge in [-0.25, -0.2) is 0 Å². The number of nitrogens with one attached hydrogen (secondary N) is 4. The summed E-state index contributed by atoms with van der Waals surface area (Å²) in [6.45, 7) is 12.6. The zero-order valence-corrected chi connectivity index (χ0v) is 26.1. The maximum Gasteiger partial charge on any atom is 0.268 e. The number of aromatic amines is 1. The molecule has 44 heavy (non-hydrogen) atoms. The number of carbonyl (C=O) groups is 5. The van der Waals surface area contributed by atoms with Crippen LogP contribution in [0.15, 0.2) is 36.9 Å². The van der Waals surface area contributed by atoms with Gasteiger partial charge in [0, 0.05) is 29.9 Å². The van der Waals surface area contributed by atoms with Gasteiger partial charge in [-0.1, -0.05) is 40.3 Å². The van der Waals surface area contributed by atoms with Crippen molar-refractivity contribution >= 4 is 40.3 Å². The Balaban J connectivity index is 1.36. The predicted octanol–water partition coefficient (Wildman–Crippen LogP) is 2.57. The van der Waals surface area contributed by atoms with Crippen LogP contribution in [0.4, 0.5) is 0 Å². The number of carbonyl (C=O) groups excluding carboxylic acids is 5. The topological polar surface area (TPSA) is 150 Å². The van der Waals surface area contributed by atoms with E-state index in [1.807, 2.05) is 32.0 Å². The summed E-state index contributed by atoms with van der Waals surface area (Å²) in [5, 5.41) is 9.32. The summed E-state index contributed by atoms with van der Waals surface area (Å²) in [6, 6.07) is 4.59. The lowest BCUT2D eigenvalue weighted by molar-refractivity contribution is -0.142. The first kappa shape index (κ1) is 31.3. The molecule has 2 aromatic rings. The van der Waals surface area contributed by atoms with E-state index in [4.69, 9.17) is 4.74 Å². The molecular weight excluding hydrogens is 562 g/mol. The molecule has 1 unspecified atom stereocenters. The zero-order valence-electron chi connectivity index (χ0n) is 26.1. The van der Waals surface area contributed by atoms with Crippen LogP contribution in [-0.4, -0.2) is 77.6 Å². The first-order valence-electron chi connectivity index (χ1n) is 15.4. The molecule has 1 saturated carbocycles. The van der Waals surface area contributed by atoms with E-state index in [0.717, 1.165) is 17.0 Å². The van der Waals surface area contributed by atoms with Crippen molar-refractivity contribution < 1.29 is 28.7 Å². The second kappa shape index (κ2) is 12.1. The largest absolute Gasteiger partial charge is 0.496 e. The second-order valence-corrected chi connectivity index (χ2v) is 13.3. The van der Waals surface area contributed by atoms with Crippen molar-refractivity contribution in [2.24, 2.45) is 29.1 Å². The molecule has 2 saturated heterocycles. The summed E-state index contributed by atoms with van der Waals surface area (Å²) in [5.41, 5.74) is 0.883.